The van der Waals surface area contributed by atoms with Crippen molar-refractivity contribution in [3.05, 3.63) is 42.2 Å². The van der Waals surface area contributed by atoms with Crippen LogP contribution in [0.4, 0.5) is 0 Å². The van der Waals surface area contributed by atoms with Crippen molar-refractivity contribution in [2.45, 2.75) is 44.8 Å². The van der Waals surface area contributed by atoms with Crippen LogP contribution in [0.5, 0.6) is 0 Å². The zero-order valence-corrected chi connectivity index (χ0v) is 13.0. The van der Waals surface area contributed by atoms with Crippen LogP contribution in [0.25, 0.3) is 0 Å². The molecule has 0 amide bonds. The van der Waals surface area contributed by atoms with Gasteiger partial charge in [0.05, 0.1) is 6.54 Å². The Labute approximate surface area is 127 Å². The first-order valence-electron chi connectivity index (χ1n) is 7.53. The molecule has 3 heteroatoms. The number of aliphatic hydroxyl groups is 1. The van der Waals surface area contributed by atoms with Crippen molar-refractivity contribution in [1.82, 2.24) is 9.88 Å². The van der Waals surface area contributed by atoms with Crippen molar-refractivity contribution in [2.24, 2.45) is 0 Å². The van der Waals surface area contributed by atoms with Crippen LogP contribution in [0, 0.1) is 11.8 Å². The van der Waals surface area contributed by atoms with E-state index in [0.717, 1.165) is 13.0 Å². The van der Waals surface area contributed by atoms with Gasteiger partial charge in [-0.15, -0.1) is 0 Å². The van der Waals surface area contributed by atoms with Gasteiger partial charge < -0.3 is 5.11 Å². The predicted octanol–water partition coefficient (Wildman–Crippen LogP) is 2.94. The molecule has 3 nitrogen and oxygen atoms in total. The first-order valence-corrected chi connectivity index (χ1v) is 7.53. The second kappa shape index (κ2) is 6.89. The minimum Gasteiger partial charge on any atom is -0.374 e. The third-order valence-corrected chi connectivity index (χ3v) is 4.13. The molecule has 2 heterocycles. The third-order valence-electron chi connectivity index (χ3n) is 4.13. The minimum absolute atomic E-state index is 0.386. The highest BCUT2D eigenvalue weighted by Crippen LogP contribution is 2.29. The van der Waals surface area contributed by atoms with Gasteiger partial charge in [0.25, 0.3) is 0 Å². The Hall–Kier alpha value is -1.63. The highest BCUT2D eigenvalue weighted by atomic mass is 16.3. The normalized spacial score (nSPS) is 22.0. The zero-order valence-electron chi connectivity index (χ0n) is 13.0. The Balaban J connectivity index is 2.07. The Morgan fingerprint density at radius 2 is 2.38 bits per heavy atom. The number of hydrogen-bond acceptors (Lipinski definition) is 3. The van der Waals surface area contributed by atoms with Gasteiger partial charge in [-0.05, 0) is 50.4 Å². The molecule has 2 rings (SSSR count). The number of piperidine rings is 1. The fraction of sp³-hybridized carbons (Fsp3) is 0.500. The van der Waals surface area contributed by atoms with E-state index < -0.39 is 5.60 Å². The van der Waals surface area contributed by atoms with E-state index >= 15 is 0 Å². The Morgan fingerprint density at radius 1 is 1.57 bits per heavy atom. The van der Waals surface area contributed by atoms with Gasteiger partial charge in [0.1, 0.15) is 5.60 Å². The zero-order chi connectivity index (χ0) is 15.3. The van der Waals surface area contributed by atoms with Crippen LogP contribution in [0.15, 0.2) is 36.7 Å². The lowest BCUT2D eigenvalue weighted by atomic mass is 9.96. The van der Waals surface area contributed by atoms with Gasteiger partial charge in [0, 0.05) is 18.4 Å². The largest absolute Gasteiger partial charge is 0.374 e. The number of rotatable bonds is 3. The fourth-order valence-electron chi connectivity index (χ4n) is 2.55. The summed E-state index contributed by atoms with van der Waals surface area (Å²) in [6.45, 7) is 8.99. The molecule has 1 aliphatic rings. The van der Waals surface area contributed by atoms with Gasteiger partial charge in [-0.2, -0.15) is 0 Å². The van der Waals surface area contributed by atoms with Crippen molar-refractivity contribution in [3.8, 4) is 11.8 Å². The molecule has 21 heavy (non-hydrogen) atoms. The molecule has 2 atom stereocenters. The van der Waals surface area contributed by atoms with Crippen LogP contribution in [-0.4, -0.2) is 33.7 Å². The molecular weight excluding hydrogens is 260 g/mol. The molecule has 1 aromatic rings. The molecule has 1 saturated heterocycles. The highest BCUT2D eigenvalue weighted by molar-refractivity contribution is 5.26. The van der Waals surface area contributed by atoms with Crippen molar-refractivity contribution >= 4 is 0 Å². The topological polar surface area (TPSA) is 36.4 Å². The van der Waals surface area contributed by atoms with E-state index in [1.165, 1.54) is 18.4 Å². The first-order chi connectivity index (χ1) is 10.0. The Morgan fingerprint density at radius 3 is 3.05 bits per heavy atom. The molecule has 0 radical (unpaired) electrons. The maximum Gasteiger partial charge on any atom is 0.143 e. The van der Waals surface area contributed by atoms with Crippen LogP contribution in [0.2, 0.25) is 0 Å². The molecule has 0 spiro atoms. The van der Waals surface area contributed by atoms with E-state index in [2.05, 4.69) is 34.4 Å². The quantitative estimate of drug-likeness (QED) is 0.685. The highest BCUT2D eigenvalue weighted by Gasteiger charge is 2.23. The summed E-state index contributed by atoms with van der Waals surface area (Å²) in [5, 5.41) is 10.1. The van der Waals surface area contributed by atoms with Crippen LogP contribution >= 0.6 is 0 Å². The van der Waals surface area contributed by atoms with Gasteiger partial charge >= 0.3 is 0 Å². The number of likely N-dealkylation sites (tertiary alicyclic amines) is 1. The Bertz CT molecular complexity index is 539. The van der Waals surface area contributed by atoms with E-state index in [0.29, 0.717) is 18.2 Å². The van der Waals surface area contributed by atoms with E-state index in [1.807, 2.05) is 12.3 Å². The summed E-state index contributed by atoms with van der Waals surface area (Å²) in [5.41, 5.74) is 0.836. The lowest BCUT2D eigenvalue weighted by Gasteiger charge is -2.34. The summed E-state index contributed by atoms with van der Waals surface area (Å²) in [7, 11) is 0. The van der Waals surface area contributed by atoms with E-state index in [4.69, 9.17) is 0 Å². The minimum atomic E-state index is -1.10. The maximum absolute atomic E-state index is 10.1. The van der Waals surface area contributed by atoms with E-state index in [9.17, 15) is 5.11 Å². The van der Waals surface area contributed by atoms with Gasteiger partial charge in [-0.1, -0.05) is 30.9 Å². The van der Waals surface area contributed by atoms with Gasteiger partial charge in [-0.25, -0.2) is 0 Å². The average molecular weight is 284 g/mol. The SMILES string of the molecule is C=C(C)[C@](C)(O)C#CCN1CCCC[C@H]1c1cccnc1. The summed E-state index contributed by atoms with van der Waals surface area (Å²) >= 11 is 0. The number of aromatic nitrogens is 1. The third kappa shape index (κ3) is 4.17. The average Bonchev–Trinajstić information content (AvgIpc) is 2.48. The second-order valence-electron chi connectivity index (χ2n) is 5.92. The lowest BCUT2D eigenvalue weighted by molar-refractivity contribution is 0.158. The molecule has 112 valence electrons. The molecule has 1 N–H and O–H groups in total. The summed E-state index contributed by atoms with van der Waals surface area (Å²) < 4.78 is 0. The maximum atomic E-state index is 10.1. The predicted molar refractivity (Wildman–Crippen MR) is 85.6 cm³/mol. The van der Waals surface area contributed by atoms with Crippen LogP contribution in [0.3, 0.4) is 0 Å². The van der Waals surface area contributed by atoms with Crippen LogP contribution in [0.1, 0.15) is 44.7 Å². The molecule has 0 unspecified atom stereocenters. The smallest absolute Gasteiger partial charge is 0.143 e. The summed E-state index contributed by atoms with van der Waals surface area (Å²) in [4.78, 5) is 6.60. The molecule has 1 aliphatic heterocycles. The first kappa shape index (κ1) is 15.8. The molecule has 0 saturated carbocycles. The Kier molecular flexibility index (Phi) is 5.17. The van der Waals surface area contributed by atoms with E-state index in [-0.39, 0.29) is 0 Å². The molecule has 0 aliphatic carbocycles. The monoisotopic (exact) mass is 284 g/mol. The van der Waals surface area contributed by atoms with Crippen molar-refractivity contribution < 1.29 is 5.11 Å². The van der Waals surface area contributed by atoms with Gasteiger partial charge in [-0.3, -0.25) is 9.88 Å². The van der Waals surface area contributed by atoms with Crippen LogP contribution < -0.4 is 0 Å². The van der Waals surface area contributed by atoms with Crippen LogP contribution in [-0.2, 0) is 0 Å². The molecule has 1 aromatic heterocycles. The van der Waals surface area contributed by atoms with Gasteiger partial charge in [0.2, 0.25) is 0 Å². The van der Waals surface area contributed by atoms with Gasteiger partial charge in [0.15, 0.2) is 0 Å². The van der Waals surface area contributed by atoms with E-state index in [1.54, 1.807) is 20.0 Å². The summed E-state index contributed by atoms with van der Waals surface area (Å²) in [6, 6.07) is 4.50. The summed E-state index contributed by atoms with van der Waals surface area (Å²) in [5.74, 6) is 6.05. The van der Waals surface area contributed by atoms with Crippen molar-refractivity contribution in [3.63, 3.8) is 0 Å². The molecule has 1 fully saturated rings. The standard InChI is InChI=1S/C18H24N2O/c1-15(2)18(3,21)10-7-13-20-12-5-4-9-17(20)16-8-6-11-19-14-16/h6,8,11,14,17,21H,1,4-5,9,12-13H2,2-3H3/t17-,18+/m0/s1. The van der Waals surface area contributed by atoms with Crippen molar-refractivity contribution in [2.75, 3.05) is 13.1 Å². The summed E-state index contributed by atoms with van der Waals surface area (Å²) in [6.07, 6.45) is 7.34. The lowest BCUT2D eigenvalue weighted by Crippen LogP contribution is -2.34. The number of pyridine rings is 1. The molecular formula is C18H24N2O. The molecule has 0 aromatic carbocycles. The molecule has 0 bridgehead atoms. The van der Waals surface area contributed by atoms with Crippen molar-refractivity contribution in [1.29, 1.82) is 0 Å². The number of nitrogens with zero attached hydrogens (tertiary/aromatic N) is 2. The second-order valence-corrected chi connectivity index (χ2v) is 5.92. The fourth-order valence-corrected chi connectivity index (χ4v) is 2.55. The number of hydrogen-bond donors (Lipinski definition) is 1.